The number of pyridine rings is 1. The highest BCUT2D eigenvalue weighted by atomic mass is 32.2. The Morgan fingerprint density at radius 2 is 2.30 bits per heavy atom. The fourth-order valence-electron chi connectivity index (χ4n) is 2.90. The number of rotatable bonds is 6. The van der Waals surface area contributed by atoms with Crippen LogP contribution in [-0.4, -0.2) is 61.6 Å². The fraction of sp³-hybridized carbons (Fsp3) is 0.353. The summed E-state index contributed by atoms with van der Waals surface area (Å²) in [6.07, 6.45) is 3.81. The molecule has 2 atom stereocenters. The fourth-order valence-corrected chi connectivity index (χ4v) is 4.52. The zero-order valence-corrected chi connectivity index (χ0v) is 16.0. The lowest BCUT2D eigenvalue weighted by Gasteiger charge is -2.49. The summed E-state index contributed by atoms with van der Waals surface area (Å²) in [6.45, 7) is 1.11. The maximum absolute atomic E-state index is 12.6. The third-order valence-electron chi connectivity index (χ3n) is 4.10. The van der Waals surface area contributed by atoms with Crippen LogP contribution in [0, 0.1) is 0 Å². The summed E-state index contributed by atoms with van der Waals surface area (Å²) in [5.74, 6) is -1.73. The van der Waals surface area contributed by atoms with Gasteiger partial charge in [-0.15, -0.1) is 11.8 Å². The van der Waals surface area contributed by atoms with Gasteiger partial charge in [0.1, 0.15) is 23.7 Å². The Bertz CT molecular complexity index is 827. The summed E-state index contributed by atoms with van der Waals surface area (Å²) in [7, 11) is 0. The molecule has 1 saturated heterocycles. The first kappa shape index (κ1) is 19.3. The number of fused-ring (bicyclic) bond motifs is 1. The summed E-state index contributed by atoms with van der Waals surface area (Å²) in [4.78, 5) is 41.0. The van der Waals surface area contributed by atoms with Crippen LogP contribution < -0.4 is 5.32 Å². The molecule has 3 heterocycles. The van der Waals surface area contributed by atoms with Crippen molar-refractivity contribution in [2.24, 2.45) is 0 Å². The van der Waals surface area contributed by atoms with Crippen molar-refractivity contribution in [1.82, 2.24) is 15.2 Å². The number of aliphatic carboxylic acids is 1. The van der Waals surface area contributed by atoms with Gasteiger partial charge in [0.2, 0.25) is 0 Å². The predicted octanol–water partition coefficient (Wildman–Crippen LogP) is 0.727. The van der Waals surface area contributed by atoms with E-state index in [4.69, 9.17) is 17.0 Å². The molecule has 1 aromatic rings. The number of carbonyl (C=O) groups excluding carboxylic acids is 2. The number of aromatic nitrogens is 1. The maximum atomic E-state index is 12.6. The first-order valence-electron chi connectivity index (χ1n) is 8.10. The van der Waals surface area contributed by atoms with Gasteiger partial charge in [-0.3, -0.25) is 19.5 Å². The standard InChI is InChI=1S/C17H17N3O5S2/c1-9(21)25-7-11-8-27-16-13(15(22)20(16)14(11)17(23)24)19-12(26)5-10-3-2-4-18-6-10/h2-4,6,13,16H,5,7-8H2,1H3,(H,19,26)(H,23,24)/t13-,16-/m1/s1. The lowest BCUT2D eigenvalue weighted by molar-refractivity contribution is -0.148. The number of amides is 1. The van der Waals surface area contributed by atoms with E-state index in [2.05, 4.69) is 10.3 Å². The first-order valence-corrected chi connectivity index (χ1v) is 9.56. The summed E-state index contributed by atoms with van der Waals surface area (Å²) < 4.78 is 4.91. The van der Waals surface area contributed by atoms with E-state index >= 15 is 0 Å². The molecule has 1 aromatic heterocycles. The molecule has 1 amide bonds. The van der Waals surface area contributed by atoms with E-state index in [9.17, 15) is 19.5 Å². The zero-order valence-electron chi connectivity index (χ0n) is 14.4. The molecule has 0 aromatic carbocycles. The number of esters is 1. The number of carboxylic acid groups (broad SMARTS) is 1. The van der Waals surface area contributed by atoms with Gasteiger partial charge in [0.25, 0.3) is 5.91 Å². The minimum atomic E-state index is -1.22. The van der Waals surface area contributed by atoms with Crippen molar-refractivity contribution < 1.29 is 24.2 Å². The highest BCUT2D eigenvalue weighted by Crippen LogP contribution is 2.40. The second-order valence-corrected chi connectivity index (χ2v) is 7.63. The van der Waals surface area contributed by atoms with E-state index < -0.39 is 18.0 Å². The Labute approximate surface area is 165 Å². The number of thioether (sulfide) groups is 1. The molecule has 2 N–H and O–H groups in total. The van der Waals surface area contributed by atoms with Crippen LogP contribution in [0.2, 0.25) is 0 Å². The Balaban J connectivity index is 1.68. The van der Waals surface area contributed by atoms with Crippen molar-refractivity contribution in [2.45, 2.75) is 24.8 Å². The number of nitrogens with zero attached hydrogens (tertiary/aromatic N) is 2. The van der Waals surface area contributed by atoms with Crippen LogP contribution in [0.1, 0.15) is 12.5 Å². The number of carbonyl (C=O) groups is 3. The van der Waals surface area contributed by atoms with Gasteiger partial charge in [0.05, 0.1) is 4.99 Å². The molecular weight excluding hydrogens is 390 g/mol. The van der Waals surface area contributed by atoms with Crippen LogP contribution in [0.15, 0.2) is 35.8 Å². The smallest absolute Gasteiger partial charge is 0.352 e. The van der Waals surface area contributed by atoms with Crippen molar-refractivity contribution in [1.29, 1.82) is 0 Å². The topological polar surface area (TPSA) is 109 Å². The van der Waals surface area contributed by atoms with Crippen LogP contribution in [0.5, 0.6) is 0 Å². The maximum Gasteiger partial charge on any atom is 0.352 e. The number of ether oxygens (including phenoxy) is 1. The van der Waals surface area contributed by atoms with Gasteiger partial charge in [-0.1, -0.05) is 18.3 Å². The van der Waals surface area contributed by atoms with E-state index in [-0.39, 0.29) is 23.6 Å². The summed E-state index contributed by atoms with van der Waals surface area (Å²) in [5.41, 5.74) is 1.22. The second kappa shape index (κ2) is 8.05. The molecule has 2 aliphatic rings. The van der Waals surface area contributed by atoms with E-state index in [1.54, 1.807) is 18.5 Å². The van der Waals surface area contributed by atoms with E-state index in [0.717, 1.165) is 5.56 Å². The minimum absolute atomic E-state index is 0.110. The highest BCUT2D eigenvalue weighted by Gasteiger charge is 2.53. The molecule has 0 unspecified atom stereocenters. The largest absolute Gasteiger partial charge is 0.477 e. The van der Waals surface area contributed by atoms with Crippen molar-refractivity contribution in [2.75, 3.05) is 12.4 Å². The number of thiocarbonyl (C=S) groups is 1. The Hall–Kier alpha value is -2.46. The van der Waals surface area contributed by atoms with Gasteiger partial charge in [-0.05, 0) is 11.6 Å². The quantitative estimate of drug-likeness (QED) is 0.401. The molecule has 0 spiro atoms. The summed E-state index contributed by atoms with van der Waals surface area (Å²) in [6, 6.07) is 3.11. The molecule has 0 bridgehead atoms. The Morgan fingerprint density at radius 1 is 1.52 bits per heavy atom. The molecule has 27 heavy (non-hydrogen) atoms. The number of β-lactam (4-membered cyclic amide) rings is 1. The monoisotopic (exact) mass is 407 g/mol. The summed E-state index contributed by atoms with van der Waals surface area (Å²) in [5, 5.41) is 12.2. The lowest BCUT2D eigenvalue weighted by Crippen LogP contribution is -2.70. The molecule has 10 heteroatoms. The molecule has 3 rings (SSSR count). The summed E-state index contributed by atoms with van der Waals surface area (Å²) >= 11 is 6.74. The van der Waals surface area contributed by atoms with Crippen LogP contribution in [0.25, 0.3) is 0 Å². The van der Waals surface area contributed by atoms with Crippen molar-refractivity contribution in [3.63, 3.8) is 0 Å². The molecule has 0 saturated carbocycles. The van der Waals surface area contributed by atoms with Crippen molar-refractivity contribution in [3.05, 3.63) is 41.4 Å². The normalized spacial score (nSPS) is 21.2. The van der Waals surface area contributed by atoms with Crippen LogP contribution >= 0.6 is 24.0 Å². The van der Waals surface area contributed by atoms with Gasteiger partial charge < -0.3 is 15.2 Å². The number of hydrogen-bond donors (Lipinski definition) is 2. The highest BCUT2D eigenvalue weighted by molar-refractivity contribution is 8.00. The molecule has 1 fully saturated rings. The van der Waals surface area contributed by atoms with E-state index in [0.29, 0.717) is 22.7 Å². The van der Waals surface area contributed by atoms with Crippen molar-refractivity contribution >= 4 is 46.8 Å². The van der Waals surface area contributed by atoms with Gasteiger partial charge >= 0.3 is 11.9 Å². The molecule has 0 radical (unpaired) electrons. The van der Waals surface area contributed by atoms with Gasteiger partial charge in [0, 0.05) is 37.1 Å². The van der Waals surface area contributed by atoms with Gasteiger partial charge in [0.15, 0.2) is 0 Å². The first-order chi connectivity index (χ1) is 12.9. The second-order valence-electron chi connectivity index (χ2n) is 6.03. The van der Waals surface area contributed by atoms with Crippen LogP contribution in [0.4, 0.5) is 0 Å². The zero-order chi connectivity index (χ0) is 19.6. The van der Waals surface area contributed by atoms with Crippen LogP contribution in [0.3, 0.4) is 0 Å². The van der Waals surface area contributed by atoms with Gasteiger partial charge in [-0.2, -0.15) is 0 Å². The lowest BCUT2D eigenvalue weighted by atomic mass is 10.0. The number of carboxylic acids is 1. The van der Waals surface area contributed by atoms with Crippen molar-refractivity contribution in [3.8, 4) is 0 Å². The van der Waals surface area contributed by atoms with E-state index in [1.165, 1.54) is 23.6 Å². The Morgan fingerprint density at radius 3 is 2.93 bits per heavy atom. The third-order valence-corrected chi connectivity index (χ3v) is 5.71. The molecular formula is C17H17N3O5S2. The van der Waals surface area contributed by atoms with Crippen LogP contribution in [-0.2, 0) is 25.5 Å². The average Bonchev–Trinajstić information content (AvgIpc) is 2.64. The SMILES string of the molecule is CC(=O)OCC1=C(C(=O)O)N2C(=O)[C@@H](NC(=S)Cc3cccnc3)[C@H]2SC1. The number of nitrogens with one attached hydrogen (secondary N) is 1. The molecule has 142 valence electrons. The minimum Gasteiger partial charge on any atom is -0.477 e. The average molecular weight is 407 g/mol. The number of hydrogen-bond acceptors (Lipinski definition) is 7. The predicted molar refractivity (Wildman–Crippen MR) is 102 cm³/mol. The molecule has 2 aliphatic heterocycles. The third kappa shape index (κ3) is 4.11. The Kier molecular flexibility index (Phi) is 5.76. The molecule has 8 nitrogen and oxygen atoms in total. The van der Waals surface area contributed by atoms with Gasteiger partial charge in [-0.25, -0.2) is 4.79 Å². The van der Waals surface area contributed by atoms with E-state index in [1.807, 2.05) is 6.07 Å². The molecule has 0 aliphatic carbocycles.